The first-order valence-electron chi connectivity index (χ1n) is 10.0. The summed E-state index contributed by atoms with van der Waals surface area (Å²) in [6, 6.07) is 5.47. The molecule has 0 bridgehead atoms. The van der Waals surface area contributed by atoms with Crippen LogP contribution in [0, 0.1) is 5.41 Å². The first kappa shape index (κ1) is 21.2. The number of ether oxygens (including phenoxy) is 2. The van der Waals surface area contributed by atoms with E-state index < -0.39 is 5.91 Å². The van der Waals surface area contributed by atoms with E-state index in [9.17, 15) is 4.79 Å². The van der Waals surface area contributed by atoms with Gasteiger partial charge in [-0.1, -0.05) is 12.5 Å². The minimum atomic E-state index is -0.418. The van der Waals surface area contributed by atoms with Crippen molar-refractivity contribution in [1.82, 2.24) is 15.2 Å². The third kappa shape index (κ3) is 4.67. The number of aromatic nitrogens is 2. The predicted octanol–water partition coefficient (Wildman–Crippen LogP) is 2.58. The lowest BCUT2D eigenvalue weighted by Crippen LogP contribution is -2.33. The van der Waals surface area contributed by atoms with Crippen LogP contribution in [0.5, 0.6) is 11.5 Å². The molecule has 0 aliphatic carbocycles. The number of piperidine rings is 1. The lowest BCUT2D eigenvalue weighted by molar-refractivity contribution is -0.113. The topological polar surface area (TPSA) is 131 Å². The van der Waals surface area contributed by atoms with E-state index in [0.717, 1.165) is 41.9 Å². The van der Waals surface area contributed by atoms with Gasteiger partial charge in [0, 0.05) is 6.54 Å². The lowest BCUT2D eigenvalue weighted by atomic mass is 10.1. The molecule has 0 spiro atoms. The second kappa shape index (κ2) is 9.40. The first-order valence-corrected chi connectivity index (χ1v) is 10.8. The summed E-state index contributed by atoms with van der Waals surface area (Å²) in [5.41, 5.74) is 6.41. The highest BCUT2D eigenvalue weighted by Crippen LogP contribution is 2.37. The Balaban J connectivity index is 1.45. The molecule has 2 aliphatic rings. The number of nitrogens with one attached hydrogen (secondary N) is 1. The third-order valence-corrected chi connectivity index (χ3v) is 6.02. The Morgan fingerprint density at radius 2 is 2.06 bits per heavy atom. The van der Waals surface area contributed by atoms with Gasteiger partial charge < -0.3 is 15.2 Å². The van der Waals surface area contributed by atoms with Crippen LogP contribution in [-0.2, 0) is 4.79 Å². The van der Waals surface area contributed by atoms with Crippen LogP contribution in [-0.4, -0.2) is 59.6 Å². The van der Waals surface area contributed by atoms with Crippen LogP contribution in [0.2, 0.25) is 0 Å². The van der Waals surface area contributed by atoms with Gasteiger partial charge in [0.25, 0.3) is 5.91 Å². The number of thioether (sulfide) groups is 1. The Hall–Kier alpha value is -3.05. The van der Waals surface area contributed by atoms with E-state index in [-0.39, 0.29) is 16.8 Å². The number of anilines is 2. The van der Waals surface area contributed by atoms with Gasteiger partial charge >= 0.3 is 0 Å². The number of hydrogen-bond donors (Lipinski definition) is 2. The van der Waals surface area contributed by atoms with Crippen LogP contribution in [0.25, 0.3) is 6.08 Å². The minimum absolute atomic E-state index is 0.0148. The Labute approximate surface area is 183 Å². The van der Waals surface area contributed by atoms with Crippen molar-refractivity contribution < 1.29 is 18.9 Å². The lowest BCUT2D eigenvalue weighted by Gasteiger charge is -2.26. The zero-order valence-corrected chi connectivity index (χ0v) is 18.0. The molecular weight excluding hydrogens is 420 g/mol. The Morgan fingerprint density at radius 3 is 2.77 bits per heavy atom. The number of benzene rings is 1. The van der Waals surface area contributed by atoms with E-state index in [1.165, 1.54) is 19.3 Å². The number of amidine groups is 1. The number of carbonyl (C=O) groups excluding carboxylic acids is 1. The molecule has 31 heavy (non-hydrogen) atoms. The number of carbonyl (C=O) groups is 1. The van der Waals surface area contributed by atoms with Gasteiger partial charge in [-0.25, -0.2) is 9.53 Å². The van der Waals surface area contributed by atoms with Crippen molar-refractivity contribution >= 4 is 40.5 Å². The number of likely N-dealkylation sites (tertiary alicyclic amines) is 1. The van der Waals surface area contributed by atoms with E-state index in [0.29, 0.717) is 23.0 Å². The Bertz CT molecular complexity index is 1000. The van der Waals surface area contributed by atoms with Crippen LogP contribution >= 0.6 is 11.8 Å². The van der Waals surface area contributed by atoms with Crippen molar-refractivity contribution in [3.8, 4) is 11.5 Å². The van der Waals surface area contributed by atoms with E-state index in [4.69, 9.17) is 20.6 Å². The van der Waals surface area contributed by atoms with E-state index in [1.807, 2.05) is 12.1 Å². The molecule has 4 rings (SSSR count). The molecule has 0 atom stereocenters. The molecule has 2 fully saturated rings. The number of nitrogens with zero attached hydrogens (tertiary/aromatic N) is 4. The average molecular weight is 445 g/mol. The predicted molar refractivity (Wildman–Crippen MR) is 118 cm³/mol. The highest BCUT2D eigenvalue weighted by atomic mass is 32.2. The second-order valence-corrected chi connectivity index (χ2v) is 8.22. The van der Waals surface area contributed by atoms with Crippen molar-refractivity contribution in [2.24, 2.45) is 0 Å². The third-order valence-electron chi connectivity index (χ3n) is 5.13. The smallest absolute Gasteiger partial charge is 0.272 e. The quantitative estimate of drug-likeness (QED) is 0.619. The molecule has 0 radical (unpaired) electrons. The summed E-state index contributed by atoms with van der Waals surface area (Å²) in [5.74, 6) is 0.787. The average Bonchev–Trinajstić information content (AvgIpc) is 3.31. The summed E-state index contributed by atoms with van der Waals surface area (Å²) < 4.78 is 16.0. The van der Waals surface area contributed by atoms with Crippen molar-refractivity contribution in [3.05, 3.63) is 28.7 Å². The van der Waals surface area contributed by atoms with Gasteiger partial charge in [-0.2, -0.15) is 0 Å². The summed E-state index contributed by atoms with van der Waals surface area (Å²) in [4.78, 5) is 16.6. The number of nitrogens with two attached hydrogens (primary N) is 1. The molecule has 11 heteroatoms. The molecule has 0 saturated carbocycles. The molecule has 2 aliphatic heterocycles. The molecule has 1 aromatic carbocycles. The summed E-state index contributed by atoms with van der Waals surface area (Å²) in [6.45, 7) is 3.73. The van der Waals surface area contributed by atoms with Gasteiger partial charge in [-0.05, 0) is 71.8 Å². The number of hydrogen-bond acceptors (Lipinski definition) is 10. The number of methoxy groups -OCH3 is 1. The largest absolute Gasteiger partial charge is 0.493 e. The second-order valence-electron chi connectivity index (χ2n) is 7.19. The van der Waals surface area contributed by atoms with Gasteiger partial charge in [0.1, 0.15) is 6.61 Å². The van der Waals surface area contributed by atoms with Crippen LogP contribution < -0.4 is 20.1 Å². The van der Waals surface area contributed by atoms with Crippen molar-refractivity contribution in [2.75, 3.05) is 44.0 Å². The molecule has 2 aromatic rings. The first-order chi connectivity index (χ1) is 15.1. The van der Waals surface area contributed by atoms with Crippen LogP contribution in [0.1, 0.15) is 24.8 Å². The summed E-state index contributed by atoms with van der Waals surface area (Å²) in [7, 11) is 1.58. The molecular formula is C20H24N6O4S. The number of amides is 1. The zero-order valence-electron chi connectivity index (χ0n) is 17.2. The molecule has 1 amide bonds. The van der Waals surface area contributed by atoms with Crippen LogP contribution in [0.3, 0.4) is 0 Å². The van der Waals surface area contributed by atoms with E-state index in [1.54, 1.807) is 19.3 Å². The number of nitrogen functional groups attached to an aromatic ring is 1. The van der Waals surface area contributed by atoms with Crippen molar-refractivity contribution in [2.45, 2.75) is 19.3 Å². The monoisotopic (exact) mass is 444 g/mol. The molecule has 3 heterocycles. The van der Waals surface area contributed by atoms with E-state index in [2.05, 4.69) is 19.8 Å². The maximum atomic E-state index is 12.8. The van der Waals surface area contributed by atoms with Crippen molar-refractivity contribution in [1.29, 1.82) is 5.41 Å². The van der Waals surface area contributed by atoms with Crippen molar-refractivity contribution in [3.63, 3.8) is 0 Å². The SMILES string of the molecule is COc1cc(C=C2SC(=N)N(c3nonc3N)C2=O)ccc1OCCN1CCCCC1. The fourth-order valence-corrected chi connectivity index (χ4v) is 4.38. The normalized spacial score (nSPS) is 18.7. The van der Waals surface area contributed by atoms with Gasteiger partial charge in [-0.3, -0.25) is 15.1 Å². The minimum Gasteiger partial charge on any atom is -0.493 e. The summed E-state index contributed by atoms with van der Waals surface area (Å²) >= 11 is 1.01. The highest BCUT2D eigenvalue weighted by molar-refractivity contribution is 8.19. The maximum absolute atomic E-state index is 12.8. The van der Waals surface area contributed by atoms with Gasteiger partial charge in [0.2, 0.25) is 11.6 Å². The van der Waals surface area contributed by atoms with Gasteiger partial charge in [0.05, 0.1) is 12.0 Å². The molecule has 10 nitrogen and oxygen atoms in total. The fourth-order valence-electron chi connectivity index (χ4n) is 3.54. The summed E-state index contributed by atoms with van der Waals surface area (Å²) in [5, 5.41) is 15.1. The van der Waals surface area contributed by atoms with Crippen LogP contribution in [0.15, 0.2) is 27.7 Å². The standard InChI is InChI=1S/C20H24N6O4S/c1-28-15-11-13(5-6-14(15)29-10-9-25-7-3-2-4-8-25)12-16-19(27)26(20(22)31-16)18-17(21)23-30-24-18/h5-6,11-12,22H,2-4,7-10H2,1H3,(H2,21,23). The molecule has 2 saturated heterocycles. The van der Waals surface area contributed by atoms with E-state index >= 15 is 0 Å². The Kier molecular flexibility index (Phi) is 6.42. The highest BCUT2D eigenvalue weighted by Gasteiger charge is 2.37. The Morgan fingerprint density at radius 1 is 1.26 bits per heavy atom. The molecule has 0 unspecified atom stereocenters. The van der Waals surface area contributed by atoms with Gasteiger partial charge in [-0.15, -0.1) is 0 Å². The molecule has 164 valence electrons. The number of rotatable bonds is 7. The molecule has 1 aromatic heterocycles. The molecule has 3 N–H and O–H groups in total. The maximum Gasteiger partial charge on any atom is 0.272 e. The van der Waals surface area contributed by atoms with Crippen LogP contribution in [0.4, 0.5) is 11.6 Å². The zero-order chi connectivity index (χ0) is 21.8. The fraction of sp³-hybridized carbons (Fsp3) is 0.400. The summed E-state index contributed by atoms with van der Waals surface area (Å²) in [6.07, 6.45) is 5.49. The van der Waals surface area contributed by atoms with Gasteiger partial charge in [0.15, 0.2) is 16.7 Å².